The SMILES string of the molecule is CCC[C@H](NC=O)C(=O)c1nc2ccccc2o1. The number of ketones is 1. The zero-order valence-corrected chi connectivity index (χ0v) is 10.1. The average Bonchev–Trinajstić information content (AvgIpc) is 2.81. The number of oxazole rings is 1. The molecule has 2 aromatic rings. The molecule has 1 N–H and O–H groups in total. The van der Waals surface area contributed by atoms with Crippen molar-refractivity contribution >= 4 is 23.3 Å². The van der Waals surface area contributed by atoms with E-state index in [1.165, 1.54) is 0 Å². The van der Waals surface area contributed by atoms with Crippen molar-refractivity contribution in [1.29, 1.82) is 0 Å². The van der Waals surface area contributed by atoms with Gasteiger partial charge in [0.15, 0.2) is 5.58 Å². The molecule has 0 saturated heterocycles. The van der Waals surface area contributed by atoms with Crippen LogP contribution in [0.15, 0.2) is 28.7 Å². The van der Waals surface area contributed by atoms with Crippen molar-refractivity contribution in [3.63, 3.8) is 0 Å². The average molecular weight is 246 g/mol. The number of amides is 1. The van der Waals surface area contributed by atoms with Crippen LogP contribution in [0, 0.1) is 0 Å². The van der Waals surface area contributed by atoms with Crippen molar-refractivity contribution in [3.05, 3.63) is 30.2 Å². The van der Waals surface area contributed by atoms with Crippen molar-refractivity contribution in [2.24, 2.45) is 0 Å². The fraction of sp³-hybridized carbons (Fsp3) is 0.308. The van der Waals surface area contributed by atoms with Gasteiger partial charge in [0.1, 0.15) is 5.52 Å². The molecule has 1 aromatic carbocycles. The molecule has 1 atom stereocenters. The minimum Gasteiger partial charge on any atom is -0.434 e. The fourth-order valence-corrected chi connectivity index (χ4v) is 1.79. The third-order valence-corrected chi connectivity index (χ3v) is 2.67. The van der Waals surface area contributed by atoms with Gasteiger partial charge in [-0.25, -0.2) is 4.98 Å². The molecule has 0 fully saturated rings. The number of hydrogen-bond acceptors (Lipinski definition) is 4. The predicted octanol–water partition coefficient (Wildman–Crippen LogP) is 1.93. The Morgan fingerprint density at radius 3 is 2.94 bits per heavy atom. The summed E-state index contributed by atoms with van der Waals surface area (Å²) in [5.74, 6) is -0.246. The van der Waals surface area contributed by atoms with E-state index in [0.29, 0.717) is 23.9 Å². The van der Waals surface area contributed by atoms with E-state index >= 15 is 0 Å². The van der Waals surface area contributed by atoms with E-state index in [0.717, 1.165) is 6.42 Å². The van der Waals surface area contributed by atoms with Crippen molar-refractivity contribution in [2.45, 2.75) is 25.8 Å². The molecule has 0 saturated carbocycles. The highest BCUT2D eigenvalue weighted by Crippen LogP contribution is 2.16. The molecule has 0 unspecified atom stereocenters. The number of rotatable bonds is 6. The molecule has 0 radical (unpaired) electrons. The van der Waals surface area contributed by atoms with Gasteiger partial charge in [-0.05, 0) is 18.6 Å². The smallest absolute Gasteiger partial charge is 0.266 e. The van der Waals surface area contributed by atoms with Gasteiger partial charge in [0.2, 0.25) is 12.2 Å². The van der Waals surface area contributed by atoms with Crippen LogP contribution in [0.3, 0.4) is 0 Å². The Morgan fingerprint density at radius 2 is 2.28 bits per heavy atom. The summed E-state index contributed by atoms with van der Waals surface area (Å²) in [6.07, 6.45) is 1.88. The van der Waals surface area contributed by atoms with Gasteiger partial charge in [0, 0.05) is 0 Å². The molecule has 18 heavy (non-hydrogen) atoms. The van der Waals surface area contributed by atoms with Crippen LogP contribution in [-0.4, -0.2) is 23.2 Å². The number of carbonyl (C=O) groups excluding carboxylic acids is 2. The van der Waals surface area contributed by atoms with Crippen molar-refractivity contribution in [2.75, 3.05) is 0 Å². The highest BCUT2D eigenvalue weighted by molar-refractivity contribution is 5.98. The van der Waals surface area contributed by atoms with E-state index in [2.05, 4.69) is 10.3 Å². The Morgan fingerprint density at radius 1 is 1.50 bits per heavy atom. The summed E-state index contributed by atoms with van der Waals surface area (Å²) in [5.41, 5.74) is 1.21. The first-order valence-corrected chi connectivity index (χ1v) is 5.85. The maximum atomic E-state index is 12.1. The normalized spacial score (nSPS) is 12.3. The molecule has 0 aliphatic heterocycles. The van der Waals surface area contributed by atoms with E-state index < -0.39 is 6.04 Å². The number of nitrogens with one attached hydrogen (secondary N) is 1. The maximum Gasteiger partial charge on any atom is 0.266 e. The highest BCUT2D eigenvalue weighted by Gasteiger charge is 2.23. The van der Waals surface area contributed by atoms with E-state index in [-0.39, 0.29) is 11.7 Å². The summed E-state index contributed by atoms with van der Waals surface area (Å²) < 4.78 is 5.39. The van der Waals surface area contributed by atoms with Gasteiger partial charge in [-0.2, -0.15) is 0 Å². The molecule has 1 aromatic heterocycles. The largest absolute Gasteiger partial charge is 0.434 e. The van der Waals surface area contributed by atoms with Gasteiger partial charge in [-0.15, -0.1) is 0 Å². The standard InChI is InChI=1S/C13H14N2O3/c1-2-5-10(14-8-16)12(17)13-15-9-6-3-4-7-11(9)18-13/h3-4,6-8,10H,2,5H2,1H3,(H,14,16)/t10-/m0/s1. The molecule has 1 amide bonds. The number of para-hydroxylation sites is 2. The molecule has 5 heteroatoms. The topological polar surface area (TPSA) is 72.2 Å². The van der Waals surface area contributed by atoms with Gasteiger partial charge < -0.3 is 9.73 Å². The van der Waals surface area contributed by atoms with Crippen LogP contribution in [-0.2, 0) is 4.79 Å². The summed E-state index contributed by atoms with van der Waals surface area (Å²) in [4.78, 5) is 26.7. The van der Waals surface area contributed by atoms with Crippen LogP contribution in [0.4, 0.5) is 0 Å². The zero-order valence-electron chi connectivity index (χ0n) is 10.1. The van der Waals surface area contributed by atoms with E-state index in [4.69, 9.17) is 4.42 Å². The first-order chi connectivity index (χ1) is 8.76. The number of benzene rings is 1. The van der Waals surface area contributed by atoms with Crippen molar-refractivity contribution in [1.82, 2.24) is 10.3 Å². The van der Waals surface area contributed by atoms with Crippen LogP contribution >= 0.6 is 0 Å². The molecule has 2 rings (SSSR count). The molecule has 5 nitrogen and oxygen atoms in total. The van der Waals surface area contributed by atoms with Gasteiger partial charge in [-0.1, -0.05) is 25.5 Å². The number of hydrogen-bond donors (Lipinski definition) is 1. The lowest BCUT2D eigenvalue weighted by molar-refractivity contribution is -0.110. The second kappa shape index (κ2) is 5.44. The van der Waals surface area contributed by atoms with Gasteiger partial charge in [-0.3, -0.25) is 9.59 Å². The van der Waals surface area contributed by atoms with Crippen molar-refractivity contribution in [3.8, 4) is 0 Å². The lowest BCUT2D eigenvalue weighted by atomic mass is 10.1. The number of carbonyl (C=O) groups is 2. The predicted molar refractivity (Wildman–Crippen MR) is 66.2 cm³/mol. The molecule has 0 bridgehead atoms. The monoisotopic (exact) mass is 246 g/mol. The Hall–Kier alpha value is -2.17. The quantitative estimate of drug-likeness (QED) is 0.624. The summed E-state index contributed by atoms with van der Waals surface area (Å²) >= 11 is 0. The molecule has 0 aliphatic carbocycles. The minimum absolute atomic E-state index is 0.0454. The number of Topliss-reactive ketones (excluding diaryl/α,β-unsaturated/α-hetero) is 1. The van der Waals surface area contributed by atoms with Gasteiger partial charge in [0.25, 0.3) is 5.89 Å². The van der Waals surface area contributed by atoms with E-state index in [1.807, 2.05) is 19.1 Å². The Balaban J connectivity index is 2.28. The lowest BCUT2D eigenvalue weighted by Gasteiger charge is -2.10. The minimum atomic E-state index is -0.569. The maximum absolute atomic E-state index is 12.1. The summed E-state index contributed by atoms with van der Waals surface area (Å²) in [6.45, 7) is 1.94. The fourth-order valence-electron chi connectivity index (χ4n) is 1.79. The van der Waals surface area contributed by atoms with Gasteiger partial charge >= 0.3 is 0 Å². The number of nitrogens with zero attached hydrogens (tertiary/aromatic N) is 1. The molecular formula is C13H14N2O3. The Bertz CT molecular complexity index is 529. The lowest BCUT2D eigenvalue weighted by Crippen LogP contribution is -2.35. The molecule has 0 spiro atoms. The second-order valence-corrected chi connectivity index (χ2v) is 3.98. The Labute approximate surface area is 104 Å². The first-order valence-electron chi connectivity index (χ1n) is 5.85. The van der Waals surface area contributed by atoms with E-state index in [1.54, 1.807) is 12.1 Å². The Kier molecular flexibility index (Phi) is 3.72. The molecular weight excluding hydrogens is 232 g/mol. The zero-order chi connectivity index (χ0) is 13.0. The highest BCUT2D eigenvalue weighted by atomic mass is 16.4. The van der Waals surface area contributed by atoms with Crippen LogP contribution in [0.2, 0.25) is 0 Å². The first kappa shape index (κ1) is 12.3. The number of aromatic nitrogens is 1. The van der Waals surface area contributed by atoms with Gasteiger partial charge in [0.05, 0.1) is 6.04 Å². The number of fused-ring (bicyclic) bond motifs is 1. The van der Waals surface area contributed by atoms with Crippen LogP contribution in [0.5, 0.6) is 0 Å². The molecule has 94 valence electrons. The molecule has 0 aliphatic rings. The van der Waals surface area contributed by atoms with Crippen molar-refractivity contribution < 1.29 is 14.0 Å². The van der Waals surface area contributed by atoms with E-state index in [9.17, 15) is 9.59 Å². The summed E-state index contributed by atoms with van der Waals surface area (Å²) in [6, 6.07) is 6.60. The van der Waals surface area contributed by atoms with Crippen LogP contribution < -0.4 is 5.32 Å². The van der Waals surface area contributed by atoms with Crippen LogP contribution in [0.25, 0.3) is 11.1 Å². The molecule has 1 heterocycles. The van der Waals surface area contributed by atoms with Crippen LogP contribution in [0.1, 0.15) is 30.5 Å². The third-order valence-electron chi connectivity index (χ3n) is 2.67. The summed E-state index contributed by atoms with van der Waals surface area (Å²) in [7, 11) is 0. The summed E-state index contributed by atoms with van der Waals surface area (Å²) in [5, 5.41) is 2.50. The third kappa shape index (κ3) is 2.40. The second-order valence-electron chi connectivity index (χ2n) is 3.98.